The maximum Gasteiger partial charge on any atom is 0.495 e. The fourth-order valence-corrected chi connectivity index (χ4v) is 2.06. The lowest BCUT2D eigenvalue weighted by Gasteiger charge is -2.32. The number of hydrogen-bond donors (Lipinski definition) is 0. The van der Waals surface area contributed by atoms with E-state index in [2.05, 4.69) is 23.9 Å². The minimum atomic E-state index is -0.310. The summed E-state index contributed by atoms with van der Waals surface area (Å²) in [6.07, 6.45) is 3.72. The predicted molar refractivity (Wildman–Crippen MR) is 69.6 cm³/mol. The Bertz CT molecular complexity index is 572. The zero-order valence-corrected chi connectivity index (χ0v) is 10.9. The summed E-state index contributed by atoms with van der Waals surface area (Å²) < 4.78 is 13.2. The van der Waals surface area contributed by atoms with Crippen LogP contribution >= 0.6 is 0 Å². The van der Waals surface area contributed by atoms with E-state index in [9.17, 15) is 0 Å². The highest BCUT2D eigenvalue weighted by atomic mass is 16.6. The van der Waals surface area contributed by atoms with Crippen LogP contribution in [-0.2, 0) is 16.4 Å². The number of aryl methyl sites for hydroxylation is 1. The standard InChI is InChI=1S/C12H16BN3O2/c1-12(2)7-17-13(18-8-12)10-4-9-6-16(3)15-11(9)14-5-10/h4-6H,7-8H2,1-3H3. The average molecular weight is 245 g/mol. The van der Waals surface area contributed by atoms with Crippen LogP contribution in [-0.4, -0.2) is 35.1 Å². The predicted octanol–water partition coefficient (Wildman–Crippen LogP) is 0.736. The van der Waals surface area contributed by atoms with Gasteiger partial charge in [-0.05, 0) is 6.07 Å². The molecule has 3 heterocycles. The first-order valence-corrected chi connectivity index (χ1v) is 6.06. The van der Waals surface area contributed by atoms with Crippen LogP contribution in [0.15, 0.2) is 18.5 Å². The van der Waals surface area contributed by atoms with Gasteiger partial charge in [0.25, 0.3) is 0 Å². The molecule has 2 aromatic heterocycles. The Morgan fingerprint density at radius 3 is 2.78 bits per heavy atom. The molecule has 1 aliphatic heterocycles. The van der Waals surface area contributed by atoms with E-state index in [-0.39, 0.29) is 12.5 Å². The highest BCUT2D eigenvalue weighted by Gasteiger charge is 2.33. The van der Waals surface area contributed by atoms with Gasteiger partial charge >= 0.3 is 7.12 Å². The Balaban J connectivity index is 1.86. The van der Waals surface area contributed by atoms with Gasteiger partial charge in [0.1, 0.15) is 0 Å². The lowest BCUT2D eigenvalue weighted by molar-refractivity contribution is 0.0343. The third-order valence-electron chi connectivity index (χ3n) is 3.02. The smallest absolute Gasteiger partial charge is 0.407 e. The average Bonchev–Trinajstić information content (AvgIpc) is 2.68. The Morgan fingerprint density at radius 1 is 1.33 bits per heavy atom. The van der Waals surface area contributed by atoms with E-state index in [4.69, 9.17) is 9.31 Å². The molecular formula is C12H16BN3O2. The second-order valence-corrected chi connectivity index (χ2v) is 5.60. The molecule has 0 N–H and O–H groups in total. The third-order valence-corrected chi connectivity index (χ3v) is 3.02. The van der Waals surface area contributed by atoms with Crippen molar-refractivity contribution in [2.45, 2.75) is 13.8 Å². The van der Waals surface area contributed by atoms with Gasteiger partial charge in [0.05, 0.1) is 0 Å². The third kappa shape index (κ3) is 2.13. The molecule has 0 aromatic carbocycles. The second-order valence-electron chi connectivity index (χ2n) is 5.60. The largest absolute Gasteiger partial charge is 0.495 e. The SMILES string of the molecule is Cn1cc2cc(B3OCC(C)(C)CO3)cnc2n1. The molecule has 5 nitrogen and oxygen atoms in total. The van der Waals surface area contributed by atoms with E-state index >= 15 is 0 Å². The zero-order chi connectivity index (χ0) is 12.8. The zero-order valence-electron chi connectivity index (χ0n) is 10.9. The number of fused-ring (bicyclic) bond motifs is 1. The van der Waals surface area contributed by atoms with Gasteiger partial charge in [0, 0.05) is 48.9 Å². The summed E-state index contributed by atoms with van der Waals surface area (Å²) in [7, 11) is 1.58. The number of pyridine rings is 1. The molecule has 0 aliphatic carbocycles. The van der Waals surface area contributed by atoms with Gasteiger partial charge in [-0.15, -0.1) is 0 Å². The van der Waals surface area contributed by atoms with Gasteiger partial charge in [-0.25, -0.2) is 4.98 Å². The van der Waals surface area contributed by atoms with Crippen molar-refractivity contribution in [1.29, 1.82) is 0 Å². The summed E-state index contributed by atoms with van der Waals surface area (Å²) >= 11 is 0. The van der Waals surface area contributed by atoms with Crippen LogP contribution in [0.2, 0.25) is 0 Å². The fraction of sp³-hybridized carbons (Fsp3) is 0.500. The van der Waals surface area contributed by atoms with Crippen LogP contribution < -0.4 is 5.46 Å². The van der Waals surface area contributed by atoms with E-state index in [0.29, 0.717) is 13.2 Å². The van der Waals surface area contributed by atoms with Crippen molar-refractivity contribution in [1.82, 2.24) is 14.8 Å². The van der Waals surface area contributed by atoms with Crippen LogP contribution in [0.3, 0.4) is 0 Å². The van der Waals surface area contributed by atoms with E-state index in [0.717, 1.165) is 16.5 Å². The summed E-state index contributed by atoms with van der Waals surface area (Å²) in [5, 5.41) is 5.25. The molecule has 18 heavy (non-hydrogen) atoms. The molecule has 6 heteroatoms. The highest BCUT2D eigenvalue weighted by molar-refractivity contribution is 6.61. The fourth-order valence-electron chi connectivity index (χ4n) is 2.06. The lowest BCUT2D eigenvalue weighted by Crippen LogP contribution is -2.47. The van der Waals surface area contributed by atoms with Crippen molar-refractivity contribution in [3.05, 3.63) is 18.5 Å². The lowest BCUT2D eigenvalue weighted by atomic mass is 9.76. The molecule has 1 saturated heterocycles. The van der Waals surface area contributed by atoms with Gasteiger partial charge in [-0.1, -0.05) is 13.8 Å². The second kappa shape index (κ2) is 4.07. The molecule has 0 saturated carbocycles. The Kier molecular flexibility index (Phi) is 2.64. The molecule has 0 amide bonds. The molecule has 0 radical (unpaired) electrons. The van der Waals surface area contributed by atoms with Crippen molar-refractivity contribution in [2.24, 2.45) is 12.5 Å². The summed E-state index contributed by atoms with van der Waals surface area (Å²) in [6, 6.07) is 2.03. The summed E-state index contributed by atoms with van der Waals surface area (Å²) in [5.74, 6) is 0. The molecule has 0 unspecified atom stereocenters. The number of aromatic nitrogens is 3. The van der Waals surface area contributed by atoms with Crippen LogP contribution in [0, 0.1) is 5.41 Å². The number of nitrogens with zero attached hydrogens (tertiary/aromatic N) is 3. The maximum atomic E-state index is 5.75. The highest BCUT2D eigenvalue weighted by Crippen LogP contribution is 2.21. The Labute approximate surface area is 106 Å². The van der Waals surface area contributed by atoms with E-state index in [1.807, 2.05) is 19.3 Å². The van der Waals surface area contributed by atoms with Crippen LogP contribution in [0.5, 0.6) is 0 Å². The molecule has 3 rings (SSSR count). The van der Waals surface area contributed by atoms with Crippen LogP contribution in [0.4, 0.5) is 0 Å². The minimum absolute atomic E-state index is 0.0856. The first-order valence-electron chi connectivity index (χ1n) is 6.06. The molecule has 2 aromatic rings. The van der Waals surface area contributed by atoms with Gasteiger partial charge < -0.3 is 9.31 Å². The maximum absolute atomic E-state index is 5.75. The van der Waals surface area contributed by atoms with Gasteiger partial charge in [-0.3, -0.25) is 4.68 Å². The molecule has 0 spiro atoms. The molecule has 1 fully saturated rings. The summed E-state index contributed by atoms with van der Waals surface area (Å²) in [4.78, 5) is 4.32. The quantitative estimate of drug-likeness (QED) is 0.695. The van der Waals surface area contributed by atoms with Gasteiger partial charge in [-0.2, -0.15) is 5.10 Å². The van der Waals surface area contributed by atoms with Crippen molar-refractivity contribution >= 4 is 23.6 Å². The molecule has 0 atom stereocenters. The van der Waals surface area contributed by atoms with Crippen LogP contribution in [0.25, 0.3) is 11.0 Å². The number of rotatable bonds is 1. The van der Waals surface area contributed by atoms with Crippen molar-refractivity contribution in [3.63, 3.8) is 0 Å². The van der Waals surface area contributed by atoms with Crippen molar-refractivity contribution in [2.75, 3.05) is 13.2 Å². The monoisotopic (exact) mass is 245 g/mol. The van der Waals surface area contributed by atoms with E-state index < -0.39 is 0 Å². The molecular weight excluding hydrogens is 229 g/mol. The first-order chi connectivity index (χ1) is 8.53. The minimum Gasteiger partial charge on any atom is -0.407 e. The van der Waals surface area contributed by atoms with E-state index in [1.54, 1.807) is 10.9 Å². The Hall–Kier alpha value is -1.40. The van der Waals surface area contributed by atoms with Crippen LogP contribution in [0.1, 0.15) is 13.8 Å². The Morgan fingerprint density at radius 2 is 2.06 bits per heavy atom. The summed E-state index contributed by atoms with van der Waals surface area (Å²) in [6.45, 7) is 5.66. The van der Waals surface area contributed by atoms with Gasteiger partial charge in [0.15, 0.2) is 5.65 Å². The molecule has 0 bridgehead atoms. The van der Waals surface area contributed by atoms with Crippen molar-refractivity contribution in [3.8, 4) is 0 Å². The topological polar surface area (TPSA) is 49.2 Å². The molecule has 94 valence electrons. The summed E-state index contributed by atoms with van der Waals surface area (Å²) in [5.41, 5.74) is 1.78. The number of hydrogen-bond acceptors (Lipinski definition) is 4. The molecule has 1 aliphatic rings. The van der Waals surface area contributed by atoms with Crippen molar-refractivity contribution < 1.29 is 9.31 Å². The normalized spacial score (nSPS) is 19.4. The first kappa shape index (κ1) is 11.7. The van der Waals surface area contributed by atoms with Gasteiger partial charge in [0.2, 0.25) is 0 Å². The van der Waals surface area contributed by atoms with E-state index in [1.165, 1.54) is 0 Å².